The molecule has 0 saturated carbocycles. The molecule has 0 aromatic heterocycles. The van der Waals surface area contributed by atoms with E-state index in [0.717, 1.165) is 96.3 Å². The summed E-state index contributed by atoms with van der Waals surface area (Å²) >= 11 is 0. The molecule has 0 aromatic carbocycles. The molecule has 0 aliphatic heterocycles. The SMILES string of the molecule is CC/C=C\C/C=C\C/C=C\C/C=C\CCCCCCCCCCCCC(=O)OCC(COC(=O)CCCCCCC/C=C\CCC)OC(=O)CCCCCCCCC/C=C\CCCCCCCCC. The molecule has 0 aliphatic carbocycles. The third-order valence-corrected chi connectivity index (χ3v) is 12.6. The summed E-state index contributed by atoms with van der Waals surface area (Å²) in [5.41, 5.74) is 0. The van der Waals surface area contributed by atoms with Crippen LogP contribution in [0.25, 0.3) is 0 Å². The van der Waals surface area contributed by atoms with Crippen molar-refractivity contribution in [2.24, 2.45) is 0 Å². The fraction of sp³-hybridized carbons (Fsp3) is 0.762. The minimum atomic E-state index is -0.782. The zero-order valence-corrected chi connectivity index (χ0v) is 45.6. The average molecular weight is 964 g/mol. The van der Waals surface area contributed by atoms with Crippen molar-refractivity contribution in [3.05, 3.63) is 72.9 Å². The van der Waals surface area contributed by atoms with Crippen LogP contribution in [0.1, 0.15) is 290 Å². The molecule has 0 N–H and O–H groups in total. The van der Waals surface area contributed by atoms with E-state index in [9.17, 15) is 14.4 Å². The lowest BCUT2D eigenvalue weighted by atomic mass is 10.1. The van der Waals surface area contributed by atoms with E-state index in [-0.39, 0.29) is 31.1 Å². The quantitative estimate of drug-likeness (QED) is 0.0262. The number of carbonyl (C=O) groups is 3. The Morgan fingerprint density at radius 1 is 0.304 bits per heavy atom. The Morgan fingerprint density at radius 3 is 0.957 bits per heavy atom. The van der Waals surface area contributed by atoms with E-state index < -0.39 is 6.10 Å². The maximum Gasteiger partial charge on any atom is 0.306 e. The maximum atomic E-state index is 12.8. The average Bonchev–Trinajstić information content (AvgIpc) is 3.35. The normalized spacial score (nSPS) is 12.6. The number of allylic oxidation sites excluding steroid dienone is 12. The highest BCUT2D eigenvalue weighted by atomic mass is 16.6. The second-order valence-corrected chi connectivity index (χ2v) is 19.5. The molecule has 0 spiro atoms. The Balaban J connectivity index is 4.28. The first-order valence-electron chi connectivity index (χ1n) is 29.4. The van der Waals surface area contributed by atoms with Crippen LogP contribution in [0.2, 0.25) is 0 Å². The zero-order valence-electron chi connectivity index (χ0n) is 45.6. The molecule has 0 bridgehead atoms. The Bertz CT molecular complexity index is 1290. The second-order valence-electron chi connectivity index (χ2n) is 19.5. The minimum Gasteiger partial charge on any atom is -0.462 e. The second kappa shape index (κ2) is 57.4. The van der Waals surface area contributed by atoms with E-state index in [1.54, 1.807) is 0 Å². The van der Waals surface area contributed by atoms with Crippen molar-refractivity contribution < 1.29 is 28.6 Å². The third-order valence-electron chi connectivity index (χ3n) is 12.6. The summed E-state index contributed by atoms with van der Waals surface area (Å²) < 4.78 is 16.8. The largest absolute Gasteiger partial charge is 0.462 e. The van der Waals surface area contributed by atoms with Crippen LogP contribution in [-0.2, 0) is 28.6 Å². The highest BCUT2D eigenvalue weighted by Crippen LogP contribution is 2.16. The molecule has 0 radical (unpaired) electrons. The van der Waals surface area contributed by atoms with Crippen molar-refractivity contribution in [3.8, 4) is 0 Å². The van der Waals surface area contributed by atoms with Crippen LogP contribution in [0.4, 0.5) is 0 Å². The number of hydrogen-bond donors (Lipinski definition) is 0. The van der Waals surface area contributed by atoms with Gasteiger partial charge in [0.1, 0.15) is 13.2 Å². The lowest BCUT2D eigenvalue weighted by Gasteiger charge is -2.18. The molecule has 0 amide bonds. The van der Waals surface area contributed by atoms with Crippen LogP contribution in [0.3, 0.4) is 0 Å². The fourth-order valence-electron chi connectivity index (χ4n) is 8.26. The summed E-state index contributed by atoms with van der Waals surface area (Å²) in [6.45, 7) is 6.47. The van der Waals surface area contributed by atoms with E-state index >= 15 is 0 Å². The summed E-state index contributed by atoms with van der Waals surface area (Å²) in [5, 5.41) is 0. The number of ether oxygens (including phenoxy) is 3. The molecule has 6 heteroatoms. The first-order chi connectivity index (χ1) is 34.0. The molecular weight excluding hydrogens is 853 g/mol. The Kier molecular flexibility index (Phi) is 54.8. The van der Waals surface area contributed by atoms with Gasteiger partial charge in [0.05, 0.1) is 0 Å². The van der Waals surface area contributed by atoms with E-state index in [2.05, 4.69) is 93.7 Å². The number of unbranched alkanes of at least 4 members (excludes halogenated alkanes) is 30. The molecule has 69 heavy (non-hydrogen) atoms. The van der Waals surface area contributed by atoms with Gasteiger partial charge in [-0.3, -0.25) is 14.4 Å². The van der Waals surface area contributed by atoms with Crippen molar-refractivity contribution in [1.29, 1.82) is 0 Å². The van der Waals surface area contributed by atoms with Gasteiger partial charge in [-0.25, -0.2) is 0 Å². The monoisotopic (exact) mass is 963 g/mol. The topological polar surface area (TPSA) is 78.9 Å². The van der Waals surface area contributed by atoms with Crippen LogP contribution in [-0.4, -0.2) is 37.2 Å². The van der Waals surface area contributed by atoms with E-state index in [4.69, 9.17) is 14.2 Å². The van der Waals surface area contributed by atoms with Crippen molar-refractivity contribution >= 4 is 17.9 Å². The van der Waals surface area contributed by atoms with Crippen LogP contribution < -0.4 is 0 Å². The van der Waals surface area contributed by atoms with Gasteiger partial charge >= 0.3 is 17.9 Å². The smallest absolute Gasteiger partial charge is 0.306 e. The number of hydrogen-bond acceptors (Lipinski definition) is 6. The summed E-state index contributed by atoms with van der Waals surface area (Å²) in [7, 11) is 0. The highest BCUT2D eigenvalue weighted by Gasteiger charge is 2.19. The van der Waals surface area contributed by atoms with Gasteiger partial charge in [0.2, 0.25) is 0 Å². The predicted molar refractivity (Wildman–Crippen MR) is 298 cm³/mol. The number of rotatable bonds is 53. The summed E-state index contributed by atoms with van der Waals surface area (Å²) in [4.78, 5) is 38.1. The molecule has 0 rings (SSSR count). The first-order valence-corrected chi connectivity index (χ1v) is 29.4. The van der Waals surface area contributed by atoms with Gasteiger partial charge in [-0.1, -0.05) is 241 Å². The minimum absolute atomic E-state index is 0.0810. The molecule has 0 aliphatic rings. The molecule has 0 saturated heterocycles. The third kappa shape index (κ3) is 55.6. The van der Waals surface area contributed by atoms with E-state index in [1.807, 2.05) is 0 Å². The van der Waals surface area contributed by atoms with Gasteiger partial charge in [-0.05, 0) is 103 Å². The van der Waals surface area contributed by atoms with Gasteiger partial charge in [-0.2, -0.15) is 0 Å². The highest BCUT2D eigenvalue weighted by molar-refractivity contribution is 5.71. The fourth-order valence-corrected chi connectivity index (χ4v) is 8.26. The van der Waals surface area contributed by atoms with Gasteiger partial charge in [0, 0.05) is 19.3 Å². The predicted octanol–water partition coefficient (Wildman–Crippen LogP) is 19.8. The van der Waals surface area contributed by atoms with Crippen LogP contribution in [0, 0.1) is 0 Å². The standard InChI is InChI=1S/C63H110O6/c1-4-7-10-13-16-19-22-24-26-28-30-31-32-33-34-36-37-39-41-44-47-50-53-56-62(65)68-59-60(58-67-61(64)55-52-49-46-43-21-18-15-12-9-6-3)69-63(66)57-54-51-48-45-42-40-38-35-29-27-25-23-20-17-14-11-8-5-2/h7,10,12,15-16,19,24,26-27,29-31,60H,4-6,8-9,11,13-14,17-18,20-23,25,28,32-59H2,1-3H3/b10-7-,15-12-,19-16-,26-24-,29-27-,31-30-. The Hall–Kier alpha value is -3.15. The molecule has 398 valence electrons. The number of carbonyl (C=O) groups excluding carboxylic acids is 3. The molecule has 6 nitrogen and oxygen atoms in total. The van der Waals surface area contributed by atoms with Gasteiger partial charge < -0.3 is 14.2 Å². The first kappa shape index (κ1) is 65.8. The molecular formula is C63H110O6. The van der Waals surface area contributed by atoms with E-state index in [1.165, 1.54) is 154 Å². The zero-order chi connectivity index (χ0) is 50.0. The molecule has 0 fully saturated rings. The van der Waals surface area contributed by atoms with Gasteiger partial charge in [-0.15, -0.1) is 0 Å². The van der Waals surface area contributed by atoms with Crippen LogP contribution in [0.15, 0.2) is 72.9 Å². The van der Waals surface area contributed by atoms with Gasteiger partial charge in [0.15, 0.2) is 6.10 Å². The molecule has 0 heterocycles. The lowest BCUT2D eigenvalue weighted by molar-refractivity contribution is -0.167. The number of esters is 3. The van der Waals surface area contributed by atoms with Crippen molar-refractivity contribution in [2.45, 2.75) is 297 Å². The van der Waals surface area contributed by atoms with Crippen molar-refractivity contribution in [2.75, 3.05) is 13.2 Å². The maximum absolute atomic E-state index is 12.8. The summed E-state index contributed by atoms with van der Waals surface area (Å²) in [6, 6.07) is 0. The Labute approximate surface area is 427 Å². The van der Waals surface area contributed by atoms with E-state index in [0.29, 0.717) is 19.3 Å². The molecule has 0 aromatic rings. The lowest BCUT2D eigenvalue weighted by Crippen LogP contribution is -2.30. The van der Waals surface area contributed by atoms with Crippen LogP contribution in [0.5, 0.6) is 0 Å². The van der Waals surface area contributed by atoms with Crippen LogP contribution >= 0.6 is 0 Å². The van der Waals surface area contributed by atoms with Gasteiger partial charge in [0.25, 0.3) is 0 Å². The molecule has 1 unspecified atom stereocenters. The molecule has 1 atom stereocenters. The Morgan fingerprint density at radius 2 is 0.594 bits per heavy atom. The summed E-state index contributed by atoms with van der Waals surface area (Å²) in [5.74, 6) is -0.892. The summed E-state index contributed by atoms with van der Waals surface area (Å²) in [6.07, 6.45) is 73.3. The van der Waals surface area contributed by atoms with Crippen molar-refractivity contribution in [3.63, 3.8) is 0 Å². The van der Waals surface area contributed by atoms with Crippen molar-refractivity contribution in [1.82, 2.24) is 0 Å².